The first-order valence-electron chi connectivity index (χ1n) is 4.32. The highest BCUT2D eigenvalue weighted by atomic mass is 35.5. The molecule has 0 N–H and O–H groups in total. The number of methoxy groups -OCH3 is 1. The fourth-order valence-electron chi connectivity index (χ4n) is 0.991. The number of ether oxygens (including phenoxy) is 1. The Hall–Kier alpha value is -1.000. The lowest BCUT2D eigenvalue weighted by Gasteiger charge is -2.11. The van der Waals surface area contributed by atoms with E-state index >= 15 is 0 Å². The zero-order valence-corrected chi connectivity index (χ0v) is 10.1. The van der Waals surface area contributed by atoms with Gasteiger partial charge in [-0.2, -0.15) is 0 Å². The van der Waals surface area contributed by atoms with E-state index in [-0.39, 0.29) is 5.97 Å². The van der Waals surface area contributed by atoms with Gasteiger partial charge in [-0.1, -0.05) is 11.6 Å². The molecule has 3 nitrogen and oxygen atoms in total. The fourth-order valence-corrected chi connectivity index (χ4v) is 2.14. The first-order chi connectivity index (χ1) is 7.11. The van der Waals surface area contributed by atoms with E-state index in [0.29, 0.717) is 0 Å². The third-order valence-electron chi connectivity index (χ3n) is 1.70. The van der Waals surface area contributed by atoms with Crippen LogP contribution in [0, 0.1) is 0 Å². The summed E-state index contributed by atoms with van der Waals surface area (Å²) in [5, 5.41) is 0. The molecule has 15 heavy (non-hydrogen) atoms. The van der Waals surface area contributed by atoms with E-state index in [0.717, 1.165) is 15.8 Å². The molecule has 1 aromatic heterocycles. The Morgan fingerprint density at radius 2 is 2.40 bits per heavy atom. The van der Waals surface area contributed by atoms with Crippen molar-refractivity contribution in [3.8, 4) is 0 Å². The SMILES string of the molecule is COC(=O)C=CN(C)Cc1ccc(Cl)s1. The largest absolute Gasteiger partial charge is 0.466 e. The molecule has 0 atom stereocenters. The molecule has 0 aliphatic heterocycles. The quantitative estimate of drug-likeness (QED) is 0.603. The lowest BCUT2D eigenvalue weighted by atomic mass is 10.4. The highest BCUT2D eigenvalue weighted by Gasteiger charge is 2.00. The summed E-state index contributed by atoms with van der Waals surface area (Å²) in [5.74, 6) is -0.355. The summed E-state index contributed by atoms with van der Waals surface area (Å²) >= 11 is 7.33. The Balaban J connectivity index is 2.45. The lowest BCUT2D eigenvalue weighted by Crippen LogP contribution is -2.10. The summed E-state index contributed by atoms with van der Waals surface area (Å²) in [6, 6.07) is 3.83. The normalized spacial score (nSPS) is 10.6. The molecule has 0 saturated heterocycles. The van der Waals surface area contributed by atoms with Gasteiger partial charge in [-0.05, 0) is 12.1 Å². The number of hydrogen-bond donors (Lipinski definition) is 0. The van der Waals surface area contributed by atoms with Gasteiger partial charge in [0.1, 0.15) is 0 Å². The van der Waals surface area contributed by atoms with E-state index in [1.54, 1.807) is 6.20 Å². The lowest BCUT2D eigenvalue weighted by molar-refractivity contribution is -0.134. The minimum atomic E-state index is -0.355. The highest BCUT2D eigenvalue weighted by molar-refractivity contribution is 7.16. The monoisotopic (exact) mass is 245 g/mol. The molecule has 0 aromatic carbocycles. The van der Waals surface area contributed by atoms with E-state index in [1.807, 2.05) is 24.1 Å². The predicted molar refractivity (Wildman–Crippen MR) is 62.0 cm³/mol. The second-order valence-electron chi connectivity index (χ2n) is 2.96. The van der Waals surface area contributed by atoms with Gasteiger partial charge < -0.3 is 9.64 Å². The van der Waals surface area contributed by atoms with Crippen LogP contribution in [0.3, 0.4) is 0 Å². The number of esters is 1. The molecule has 82 valence electrons. The van der Waals surface area contributed by atoms with Crippen molar-refractivity contribution in [2.24, 2.45) is 0 Å². The Kier molecular flexibility index (Phi) is 4.65. The van der Waals surface area contributed by atoms with Crippen molar-refractivity contribution in [3.05, 3.63) is 33.6 Å². The number of thiophene rings is 1. The van der Waals surface area contributed by atoms with Gasteiger partial charge in [-0.3, -0.25) is 0 Å². The molecule has 1 aromatic rings. The second kappa shape index (κ2) is 5.78. The molecule has 0 bridgehead atoms. The van der Waals surface area contributed by atoms with Crippen LogP contribution in [0.15, 0.2) is 24.4 Å². The van der Waals surface area contributed by atoms with Crippen LogP contribution in [-0.2, 0) is 16.1 Å². The molecule has 1 rings (SSSR count). The van der Waals surface area contributed by atoms with Crippen molar-refractivity contribution in [2.75, 3.05) is 14.2 Å². The molecule has 5 heteroatoms. The third-order valence-corrected chi connectivity index (χ3v) is 2.92. The molecule has 0 aliphatic carbocycles. The Morgan fingerprint density at radius 1 is 1.67 bits per heavy atom. The zero-order valence-electron chi connectivity index (χ0n) is 8.57. The number of hydrogen-bond acceptors (Lipinski definition) is 4. The van der Waals surface area contributed by atoms with E-state index in [2.05, 4.69) is 4.74 Å². The van der Waals surface area contributed by atoms with Gasteiger partial charge in [0.15, 0.2) is 0 Å². The zero-order chi connectivity index (χ0) is 11.3. The van der Waals surface area contributed by atoms with E-state index in [9.17, 15) is 4.79 Å². The van der Waals surface area contributed by atoms with Gasteiger partial charge in [0.25, 0.3) is 0 Å². The van der Waals surface area contributed by atoms with Crippen LogP contribution in [0.4, 0.5) is 0 Å². The Labute approximate surface area is 97.9 Å². The smallest absolute Gasteiger partial charge is 0.331 e. The maximum atomic E-state index is 10.8. The number of carbonyl (C=O) groups excluding carboxylic acids is 1. The van der Waals surface area contributed by atoms with Gasteiger partial charge in [0.2, 0.25) is 0 Å². The van der Waals surface area contributed by atoms with Gasteiger partial charge in [0, 0.05) is 24.2 Å². The van der Waals surface area contributed by atoms with Crippen LogP contribution < -0.4 is 0 Å². The van der Waals surface area contributed by atoms with Crippen LogP contribution in [0.2, 0.25) is 4.34 Å². The summed E-state index contributed by atoms with van der Waals surface area (Å²) in [6.07, 6.45) is 3.06. The maximum absolute atomic E-state index is 10.8. The molecular formula is C10H12ClNO2S. The minimum Gasteiger partial charge on any atom is -0.466 e. The van der Waals surface area contributed by atoms with E-state index in [1.165, 1.54) is 24.5 Å². The summed E-state index contributed by atoms with van der Waals surface area (Å²) in [7, 11) is 3.23. The van der Waals surface area contributed by atoms with Crippen LogP contribution in [0.5, 0.6) is 0 Å². The molecule has 0 saturated carbocycles. The van der Waals surface area contributed by atoms with Gasteiger partial charge in [-0.25, -0.2) is 4.79 Å². The molecule has 0 radical (unpaired) electrons. The third kappa shape index (κ3) is 4.36. The minimum absolute atomic E-state index is 0.355. The van der Waals surface area contributed by atoms with Crippen molar-refractivity contribution >= 4 is 28.9 Å². The molecule has 0 spiro atoms. The van der Waals surface area contributed by atoms with Crippen molar-refractivity contribution in [2.45, 2.75) is 6.54 Å². The molecule has 0 aliphatic rings. The Bertz CT molecular complexity index is 362. The number of carbonyl (C=O) groups is 1. The summed E-state index contributed by atoms with van der Waals surface area (Å²) in [6.45, 7) is 0.727. The topological polar surface area (TPSA) is 29.5 Å². The fraction of sp³-hybridized carbons (Fsp3) is 0.300. The molecule has 0 fully saturated rings. The molecular weight excluding hydrogens is 234 g/mol. The predicted octanol–water partition coefficient (Wildman–Crippen LogP) is 2.52. The van der Waals surface area contributed by atoms with Crippen molar-refractivity contribution in [3.63, 3.8) is 0 Å². The summed E-state index contributed by atoms with van der Waals surface area (Å²) < 4.78 is 5.26. The average Bonchev–Trinajstić information content (AvgIpc) is 2.60. The first kappa shape index (κ1) is 12.1. The van der Waals surface area contributed by atoms with Crippen LogP contribution >= 0.6 is 22.9 Å². The number of rotatable bonds is 4. The van der Waals surface area contributed by atoms with Crippen LogP contribution in [-0.4, -0.2) is 25.0 Å². The summed E-state index contributed by atoms with van der Waals surface area (Å²) in [5.41, 5.74) is 0. The standard InChI is InChI=1S/C10H12ClNO2S/c1-12(6-5-10(13)14-2)7-8-3-4-9(11)15-8/h3-6H,7H2,1-2H3. The number of nitrogens with zero attached hydrogens (tertiary/aromatic N) is 1. The van der Waals surface area contributed by atoms with Gasteiger partial charge in [-0.15, -0.1) is 11.3 Å². The molecule has 0 amide bonds. The van der Waals surface area contributed by atoms with Crippen molar-refractivity contribution < 1.29 is 9.53 Å². The van der Waals surface area contributed by atoms with Crippen LogP contribution in [0.25, 0.3) is 0 Å². The molecule has 0 unspecified atom stereocenters. The van der Waals surface area contributed by atoms with Crippen LogP contribution in [0.1, 0.15) is 4.88 Å². The van der Waals surface area contributed by atoms with Crippen molar-refractivity contribution in [1.29, 1.82) is 0 Å². The second-order valence-corrected chi connectivity index (χ2v) is 4.76. The van der Waals surface area contributed by atoms with Gasteiger partial charge >= 0.3 is 5.97 Å². The van der Waals surface area contributed by atoms with E-state index < -0.39 is 0 Å². The number of halogens is 1. The molecule has 1 heterocycles. The summed E-state index contributed by atoms with van der Waals surface area (Å²) in [4.78, 5) is 13.9. The average molecular weight is 246 g/mol. The van der Waals surface area contributed by atoms with E-state index in [4.69, 9.17) is 11.6 Å². The first-order valence-corrected chi connectivity index (χ1v) is 5.52. The Morgan fingerprint density at radius 3 is 2.93 bits per heavy atom. The van der Waals surface area contributed by atoms with Gasteiger partial charge in [0.05, 0.1) is 18.0 Å². The highest BCUT2D eigenvalue weighted by Crippen LogP contribution is 2.22. The maximum Gasteiger partial charge on any atom is 0.331 e. The van der Waals surface area contributed by atoms with Crippen molar-refractivity contribution in [1.82, 2.24) is 4.90 Å².